The van der Waals surface area contributed by atoms with Gasteiger partial charge in [-0.2, -0.15) is 0 Å². The Balaban J connectivity index is 0.000000193. The fourth-order valence-corrected chi connectivity index (χ4v) is 3.41. The monoisotopic (exact) mass is 619 g/mol. The van der Waals surface area contributed by atoms with Crippen LogP contribution in [0, 0.1) is 26.0 Å². The van der Waals surface area contributed by atoms with Crippen molar-refractivity contribution in [3.8, 4) is 22.5 Å². The van der Waals surface area contributed by atoms with E-state index in [0.717, 1.165) is 28.9 Å². The topological polar surface area (TPSA) is 25.8 Å². The van der Waals surface area contributed by atoms with E-state index < -0.39 is 0 Å². The van der Waals surface area contributed by atoms with E-state index >= 15 is 0 Å². The first-order valence-electron chi connectivity index (χ1n) is 11.0. The molecule has 0 aliphatic rings. The molecule has 0 N–H and O–H groups in total. The Morgan fingerprint density at radius 1 is 0.647 bits per heavy atom. The summed E-state index contributed by atoms with van der Waals surface area (Å²) in [5.41, 5.74) is 9.06. The molecule has 171 valence electrons. The van der Waals surface area contributed by atoms with E-state index in [1.165, 1.54) is 22.3 Å². The quantitative estimate of drug-likeness (QED) is 0.198. The number of nitrogens with zero attached hydrogens (tertiary/aromatic N) is 2. The summed E-state index contributed by atoms with van der Waals surface area (Å²) in [4.78, 5) is 8.71. The van der Waals surface area contributed by atoms with E-state index in [1.807, 2.05) is 67.8 Å². The largest absolute Gasteiger partial charge is 0.305 e. The number of benzene rings is 3. The van der Waals surface area contributed by atoms with Gasteiger partial charge in [-0.15, -0.1) is 70.8 Å². The first kappa shape index (κ1) is 25.2. The average Bonchev–Trinajstić information content (AvgIpc) is 2.87. The van der Waals surface area contributed by atoms with Crippen molar-refractivity contribution in [2.45, 2.75) is 20.3 Å². The van der Waals surface area contributed by atoms with Gasteiger partial charge in [0.25, 0.3) is 0 Å². The standard InChI is InChI=1S/C18H14N.C13H12N.Ir/c1-2-7-15(8-3-1)13-16-9-6-10-17(14-16)18-11-4-5-12-19-18;1-10-3-6-12(7-4-10)13-8-5-11(2)9-14-13;/h1-9,11-12,14H,13H2;3-6,8-9H,1-2H3;/q2*-1;. The third-order valence-corrected chi connectivity index (χ3v) is 5.21. The van der Waals surface area contributed by atoms with Crippen molar-refractivity contribution in [2.24, 2.45) is 0 Å². The maximum absolute atomic E-state index is 4.37. The molecule has 2 aromatic heterocycles. The van der Waals surface area contributed by atoms with Gasteiger partial charge >= 0.3 is 0 Å². The Labute approximate surface area is 216 Å². The predicted molar refractivity (Wildman–Crippen MR) is 136 cm³/mol. The van der Waals surface area contributed by atoms with Crippen LogP contribution in [0.25, 0.3) is 22.5 Å². The molecule has 0 fully saturated rings. The second-order valence-electron chi connectivity index (χ2n) is 7.99. The number of rotatable bonds is 4. The van der Waals surface area contributed by atoms with Gasteiger partial charge in [0.1, 0.15) is 0 Å². The van der Waals surface area contributed by atoms with Crippen LogP contribution in [-0.2, 0) is 26.5 Å². The molecule has 2 nitrogen and oxygen atoms in total. The normalized spacial score (nSPS) is 9.94. The van der Waals surface area contributed by atoms with Gasteiger partial charge < -0.3 is 9.97 Å². The van der Waals surface area contributed by atoms with E-state index in [0.29, 0.717) is 0 Å². The van der Waals surface area contributed by atoms with Crippen LogP contribution in [0.3, 0.4) is 0 Å². The van der Waals surface area contributed by atoms with Gasteiger partial charge in [-0.1, -0.05) is 61.5 Å². The number of hydrogen-bond acceptors (Lipinski definition) is 2. The summed E-state index contributed by atoms with van der Waals surface area (Å²) < 4.78 is 0. The Bertz CT molecular complexity index is 1220. The minimum atomic E-state index is 0. The van der Waals surface area contributed by atoms with Crippen LogP contribution >= 0.6 is 0 Å². The van der Waals surface area contributed by atoms with Crippen molar-refractivity contribution in [1.82, 2.24) is 9.97 Å². The van der Waals surface area contributed by atoms with Gasteiger partial charge in [-0.05, 0) is 41.9 Å². The predicted octanol–water partition coefficient (Wildman–Crippen LogP) is 7.30. The minimum Gasteiger partial charge on any atom is -0.305 e. The Hall–Kier alpha value is -3.39. The molecular weight excluding hydrogens is 593 g/mol. The van der Waals surface area contributed by atoms with Crippen molar-refractivity contribution in [1.29, 1.82) is 0 Å². The number of aromatic nitrogens is 2. The van der Waals surface area contributed by atoms with Gasteiger partial charge in [0, 0.05) is 32.5 Å². The first-order valence-corrected chi connectivity index (χ1v) is 11.0. The van der Waals surface area contributed by atoms with Crippen molar-refractivity contribution in [3.63, 3.8) is 0 Å². The zero-order valence-electron chi connectivity index (χ0n) is 19.3. The van der Waals surface area contributed by atoms with Crippen molar-refractivity contribution >= 4 is 0 Å². The van der Waals surface area contributed by atoms with Crippen LogP contribution in [0.15, 0.2) is 109 Å². The first-order chi connectivity index (χ1) is 16.2. The fourth-order valence-electron chi connectivity index (χ4n) is 3.41. The van der Waals surface area contributed by atoms with Crippen LogP contribution in [0.5, 0.6) is 0 Å². The van der Waals surface area contributed by atoms with Gasteiger partial charge in [0.15, 0.2) is 0 Å². The van der Waals surface area contributed by atoms with E-state index in [2.05, 4.69) is 77.6 Å². The van der Waals surface area contributed by atoms with Crippen LogP contribution in [-0.4, -0.2) is 9.97 Å². The molecule has 5 aromatic rings. The maximum atomic E-state index is 4.37. The number of hydrogen-bond donors (Lipinski definition) is 0. The van der Waals surface area contributed by atoms with E-state index in [1.54, 1.807) is 0 Å². The Morgan fingerprint density at radius 3 is 2.09 bits per heavy atom. The zero-order valence-corrected chi connectivity index (χ0v) is 21.7. The summed E-state index contributed by atoms with van der Waals surface area (Å²) in [5.74, 6) is 0. The third kappa shape index (κ3) is 7.31. The summed E-state index contributed by atoms with van der Waals surface area (Å²) in [6.07, 6.45) is 4.63. The third-order valence-electron chi connectivity index (χ3n) is 5.21. The zero-order chi connectivity index (χ0) is 22.9. The molecule has 2 heterocycles. The van der Waals surface area contributed by atoms with Crippen LogP contribution in [0.1, 0.15) is 22.3 Å². The van der Waals surface area contributed by atoms with Crippen LogP contribution in [0.2, 0.25) is 0 Å². The average molecular weight is 619 g/mol. The smallest absolute Gasteiger partial charge is 0.0190 e. The van der Waals surface area contributed by atoms with Crippen molar-refractivity contribution in [3.05, 3.63) is 144 Å². The molecule has 34 heavy (non-hydrogen) atoms. The molecular formula is C31H26IrN2-2. The van der Waals surface area contributed by atoms with E-state index in [4.69, 9.17) is 0 Å². The molecule has 0 aliphatic carbocycles. The van der Waals surface area contributed by atoms with Gasteiger partial charge in [-0.25, -0.2) is 0 Å². The number of pyridine rings is 2. The molecule has 0 saturated heterocycles. The molecule has 1 radical (unpaired) electrons. The Kier molecular flexibility index (Phi) is 9.46. The van der Waals surface area contributed by atoms with Gasteiger partial charge in [0.05, 0.1) is 0 Å². The summed E-state index contributed by atoms with van der Waals surface area (Å²) in [7, 11) is 0. The number of aryl methyl sites for hydroxylation is 2. The van der Waals surface area contributed by atoms with Crippen LogP contribution in [0.4, 0.5) is 0 Å². The Morgan fingerprint density at radius 2 is 1.41 bits per heavy atom. The summed E-state index contributed by atoms with van der Waals surface area (Å²) in [6.45, 7) is 4.10. The molecule has 0 aliphatic heterocycles. The molecule has 0 saturated carbocycles. The van der Waals surface area contributed by atoms with Gasteiger partial charge in [-0.3, -0.25) is 0 Å². The van der Waals surface area contributed by atoms with Crippen molar-refractivity contribution in [2.75, 3.05) is 0 Å². The van der Waals surface area contributed by atoms with E-state index in [9.17, 15) is 0 Å². The van der Waals surface area contributed by atoms with Gasteiger partial charge in [0.2, 0.25) is 0 Å². The summed E-state index contributed by atoms with van der Waals surface area (Å²) in [5, 5.41) is 0. The van der Waals surface area contributed by atoms with E-state index in [-0.39, 0.29) is 20.1 Å². The minimum absolute atomic E-state index is 0. The summed E-state index contributed by atoms with van der Waals surface area (Å²) in [6, 6.07) is 39.3. The molecule has 0 bridgehead atoms. The van der Waals surface area contributed by atoms with Crippen LogP contribution < -0.4 is 0 Å². The molecule has 0 atom stereocenters. The second-order valence-corrected chi connectivity index (χ2v) is 7.99. The molecule has 0 spiro atoms. The fraction of sp³-hybridized carbons (Fsp3) is 0.0968. The molecule has 5 rings (SSSR count). The maximum Gasteiger partial charge on any atom is 0.0190 e. The second kappa shape index (κ2) is 12.7. The molecule has 0 unspecified atom stereocenters. The SMILES string of the molecule is Cc1c[c-]c(-c2ccc(C)cn2)cc1.[Ir].[c-]1ccc(Cc2ccccc2)cc1-c1ccccn1. The summed E-state index contributed by atoms with van der Waals surface area (Å²) >= 11 is 0. The molecule has 3 heteroatoms. The molecule has 3 aromatic carbocycles. The molecule has 0 amide bonds. The van der Waals surface area contributed by atoms with Crippen molar-refractivity contribution < 1.29 is 20.1 Å².